The van der Waals surface area contributed by atoms with Crippen LogP contribution in [0.15, 0.2) is 18.2 Å². The molecule has 1 aliphatic heterocycles. The molecule has 0 saturated carbocycles. The molecule has 0 aromatic heterocycles. The summed E-state index contributed by atoms with van der Waals surface area (Å²) in [5.74, 6) is 2.40. The number of hydrogen-bond donors (Lipinski definition) is 0. The molecule has 0 spiro atoms. The minimum absolute atomic E-state index is 0.0692. The van der Waals surface area contributed by atoms with Gasteiger partial charge < -0.3 is 9.47 Å². The SMILES string of the molecule is COc1cccc(C(=O)C2CCCCS2)c1OC. The van der Waals surface area contributed by atoms with Gasteiger partial charge in [0.2, 0.25) is 0 Å². The molecule has 0 aliphatic carbocycles. The zero-order valence-electron chi connectivity index (χ0n) is 10.8. The summed E-state index contributed by atoms with van der Waals surface area (Å²) in [5.41, 5.74) is 0.635. The number of carbonyl (C=O) groups excluding carboxylic acids is 1. The first-order chi connectivity index (χ1) is 8.77. The van der Waals surface area contributed by atoms with Gasteiger partial charge >= 0.3 is 0 Å². The van der Waals surface area contributed by atoms with Crippen LogP contribution in [0.1, 0.15) is 29.6 Å². The number of rotatable bonds is 4. The van der Waals surface area contributed by atoms with Gasteiger partial charge in [-0.1, -0.05) is 12.5 Å². The van der Waals surface area contributed by atoms with E-state index >= 15 is 0 Å². The van der Waals surface area contributed by atoms with E-state index in [-0.39, 0.29) is 11.0 Å². The van der Waals surface area contributed by atoms with E-state index in [4.69, 9.17) is 9.47 Å². The average molecular weight is 266 g/mol. The van der Waals surface area contributed by atoms with E-state index < -0.39 is 0 Å². The molecule has 2 rings (SSSR count). The van der Waals surface area contributed by atoms with Crippen molar-refractivity contribution in [2.45, 2.75) is 24.5 Å². The molecule has 0 bridgehead atoms. The highest BCUT2D eigenvalue weighted by molar-refractivity contribution is 8.00. The van der Waals surface area contributed by atoms with Crippen molar-refractivity contribution in [1.82, 2.24) is 0 Å². The highest BCUT2D eigenvalue weighted by atomic mass is 32.2. The number of benzene rings is 1. The Morgan fingerprint density at radius 2 is 2.11 bits per heavy atom. The Labute approximate surface area is 112 Å². The molecule has 1 atom stereocenters. The fourth-order valence-corrected chi connectivity index (χ4v) is 3.47. The zero-order valence-corrected chi connectivity index (χ0v) is 11.6. The van der Waals surface area contributed by atoms with Crippen molar-refractivity contribution in [2.75, 3.05) is 20.0 Å². The van der Waals surface area contributed by atoms with Crippen LogP contribution in [0, 0.1) is 0 Å². The van der Waals surface area contributed by atoms with Crippen molar-refractivity contribution in [3.63, 3.8) is 0 Å². The third kappa shape index (κ3) is 2.64. The lowest BCUT2D eigenvalue weighted by molar-refractivity contribution is 0.0981. The van der Waals surface area contributed by atoms with Gasteiger partial charge in [0.05, 0.1) is 25.0 Å². The zero-order chi connectivity index (χ0) is 13.0. The molecule has 0 radical (unpaired) electrons. The van der Waals surface area contributed by atoms with E-state index in [2.05, 4.69) is 0 Å². The summed E-state index contributed by atoms with van der Waals surface area (Å²) in [6.07, 6.45) is 3.31. The molecule has 98 valence electrons. The van der Waals surface area contributed by atoms with Crippen molar-refractivity contribution >= 4 is 17.5 Å². The predicted molar refractivity (Wildman–Crippen MR) is 74.0 cm³/mol. The second kappa shape index (κ2) is 6.14. The maximum absolute atomic E-state index is 12.5. The number of Topliss-reactive ketones (excluding diaryl/α,β-unsaturated/α-hetero) is 1. The molecular weight excluding hydrogens is 248 g/mol. The van der Waals surface area contributed by atoms with E-state index in [1.807, 2.05) is 18.2 Å². The first-order valence-corrected chi connectivity index (χ1v) is 7.19. The quantitative estimate of drug-likeness (QED) is 0.784. The lowest BCUT2D eigenvalue weighted by atomic mass is 10.0. The molecule has 1 fully saturated rings. The molecule has 1 aliphatic rings. The fourth-order valence-electron chi connectivity index (χ4n) is 2.20. The standard InChI is InChI=1S/C14H18O3S/c1-16-11-7-5-6-10(14(11)17-2)13(15)12-8-3-4-9-18-12/h5-7,12H,3-4,8-9H2,1-2H3. The van der Waals surface area contributed by atoms with Crippen molar-refractivity contribution in [3.8, 4) is 11.5 Å². The molecule has 1 unspecified atom stereocenters. The highest BCUT2D eigenvalue weighted by Crippen LogP contribution is 2.35. The highest BCUT2D eigenvalue weighted by Gasteiger charge is 2.26. The van der Waals surface area contributed by atoms with Crippen molar-refractivity contribution in [1.29, 1.82) is 0 Å². The summed E-state index contributed by atoms with van der Waals surface area (Å²) >= 11 is 1.75. The lowest BCUT2D eigenvalue weighted by Gasteiger charge is -2.21. The van der Waals surface area contributed by atoms with E-state index in [0.29, 0.717) is 17.1 Å². The van der Waals surface area contributed by atoms with Crippen molar-refractivity contribution < 1.29 is 14.3 Å². The van der Waals surface area contributed by atoms with Crippen LogP contribution in [0.25, 0.3) is 0 Å². The summed E-state index contributed by atoms with van der Waals surface area (Å²) < 4.78 is 10.6. The Kier molecular flexibility index (Phi) is 4.53. The van der Waals surface area contributed by atoms with Gasteiger partial charge in [-0.2, -0.15) is 11.8 Å². The number of ether oxygens (including phenoxy) is 2. The number of hydrogen-bond acceptors (Lipinski definition) is 4. The van der Waals surface area contributed by atoms with Gasteiger partial charge in [-0.15, -0.1) is 0 Å². The average Bonchev–Trinajstić information content (AvgIpc) is 2.46. The van der Waals surface area contributed by atoms with Gasteiger partial charge in [0.1, 0.15) is 0 Å². The maximum atomic E-state index is 12.5. The van der Waals surface area contributed by atoms with Crippen LogP contribution in [-0.4, -0.2) is 31.0 Å². The van der Waals surface area contributed by atoms with Crippen molar-refractivity contribution in [2.24, 2.45) is 0 Å². The third-order valence-electron chi connectivity index (χ3n) is 3.14. The summed E-state index contributed by atoms with van der Waals surface area (Å²) in [7, 11) is 3.16. The Bertz CT molecular complexity index is 425. The Morgan fingerprint density at radius 3 is 2.72 bits per heavy atom. The van der Waals surface area contributed by atoms with Crippen LogP contribution in [0.4, 0.5) is 0 Å². The van der Waals surface area contributed by atoms with Gasteiger partial charge in [-0.3, -0.25) is 4.79 Å². The third-order valence-corrected chi connectivity index (χ3v) is 4.52. The van der Waals surface area contributed by atoms with Gasteiger partial charge in [-0.05, 0) is 30.7 Å². The molecular formula is C14H18O3S. The normalized spacial score (nSPS) is 19.3. The molecule has 4 heteroatoms. The second-order valence-corrected chi connectivity index (χ2v) is 5.57. The first-order valence-electron chi connectivity index (χ1n) is 6.14. The number of carbonyl (C=O) groups is 1. The van der Waals surface area contributed by atoms with Gasteiger partial charge in [0.25, 0.3) is 0 Å². The number of methoxy groups -OCH3 is 2. The molecule has 0 N–H and O–H groups in total. The van der Waals surface area contributed by atoms with Crippen LogP contribution < -0.4 is 9.47 Å². The first kappa shape index (κ1) is 13.3. The largest absolute Gasteiger partial charge is 0.493 e. The summed E-state index contributed by atoms with van der Waals surface area (Å²) in [4.78, 5) is 12.5. The molecule has 0 amide bonds. The Hall–Kier alpha value is -1.16. The smallest absolute Gasteiger partial charge is 0.179 e. The number of thioether (sulfide) groups is 1. The summed E-state index contributed by atoms with van der Waals surface area (Å²) in [5, 5.41) is 0.0692. The Balaban J connectivity index is 2.28. The molecule has 18 heavy (non-hydrogen) atoms. The van der Waals surface area contributed by atoms with E-state index in [1.54, 1.807) is 26.0 Å². The van der Waals surface area contributed by atoms with Gasteiger partial charge in [-0.25, -0.2) is 0 Å². The van der Waals surface area contributed by atoms with Crippen LogP contribution in [-0.2, 0) is 0 Å². The monoisotopic (exact) mass is 266 g/mol. The number of ketones is 1. The van der Waals surface area contributed by atoms with Gasteiger partial charge in [0, 0.05) is 0 Å². The van der Waals surface area contributed by atoms with Crippen LogP contribution in [0.5, 0.6) is 11.5 Å². The summed E-state index contributed by atoms with van der Waals surface area (Å²) in [6, 6.07) is 5.46. The lowest BCUT2D eigenvalue weighted by Crippen LogP contribution is -2.21. The second-order valence-electron chi connectivity index (χ2n) is 4.26. The van der Waals surface area contributed by atoms with E-state index in [9.17, 15) is 4.79 Å². The molecule has 1 aromatic rings. The Morgan fingerprint density at radius 1 is 1.28 bits per heavy atom. The van der Waals surface area contributed by atoms with Gasteiger partial charge in [0.15, 0.2) is 17.3 Å². The van der Waals surface area contributed by atoms with Crippen LogP contribution >= 0.6 is 11.8 Å². The van der Waals surface area contributed by atoms with Crippen molar-refractivity contribution in [3.05, 3.63) is 23.8 Å². The predicted octanol–water partition coefficient (Wildman–Crippen LogP) is 3.17. The topological polar surface area (TPSA) is 35.5 Å². The molecule has 3 nitrogen and oxygen atoms in total. The minimum atomic E-state index is 0.0692. The fraction of sp³-hybridized carbons (Fsp3) is 0.500. The van der Waals surface area contributed by atoms with Crippen LogP contribution in [0.3, 0.4) is 0 Å². The number of para-hydroxylation sites is 1. The van der Waals surface area contributed by atoms with Crippen LogP contribution in [0.2, 0.25) is 0 Å². The minimum Gasteiger partial charge on any atom is -0.493 e. The molecule has 1 saturated heterocycles. The summed E-state index contributed by atoms with van der Waals surface area (Å²) in [6.45, 7) is 0. The molecule has 1 heterocycles. The van der Waals surface area contributed by atoms with E-state index in [1.165, 1.54) is 6.42 Å². The maximum Gasteiger partial charge on any atom is 0.179 e. The van der Waals surface area contributed by atoms with E-state index in [0.717, 1.165) is 18.6 Å². The molecule has 1 aromatic carbocycles.